The van der Waals surface area contributed by atoms with Gasteiger partial charge in [0.15, 0.2) is 0 Å². The van der Waals surface area contributed by atoms with Crippen LogP contribution in [0.2, 0.25) is 0 Å². The van der Waals surface area contributed by atoms with Crippen molar-refractivity contribution in [1.29, 1.82) is 0 Å². The second kappa shape index (κ2) is 7.28. The topological polar surface area (TPSA) is 74.2 Å². The minimum Gasteiger partial charge on any atom is -0.508 e. The molecule has 1 heterocycles. The molecule has 2 rings (SSSR count). The first kappa shape index (κ1) is 14.8. The molecule has 21 heavy (non-hydrogen) atoms. The molecule has 0 aliphatic carbocycles. The molecule has 0 saturated carbocycles. The number of phenols is 1. The standard InChI is InChI=1S/C16H19N3O2/c1-12(14-5-3-8-17-11-14)19-16(21)18-9-7-13-4-2-6-15(20)10-13/h2-6,8,10-12,20H,7,9H2,1H3,(H2,18,19,21)/t12-/m1/s1. The summed E-state index contributed by atoms with van der Waals surface area (Å²) in [6.45, 7) is 2.42. The monoisotopic (exact) mass is 285 g/mol. The predicted octanol–water partition coefficient (Wildman–Crippen LogP) is 2.39. The number of nitrogens with one attached hydrogen (secondary N) is 2. The average Bonchev–Trinajstić information content (AvgIpc) is 2.48. The van der Waals surface area contributed by atoms with Crippen molar-refractivity contribution in [2.75, 3.05) is 6.54 Å². The maximum absolute atomic E-state index is 11.8. The summed E-state index contributed by atoms with van der Waals surface area (Å²) in [4.78, 5) is 15.8. The summed E-state index contributed by atoms with van der Waals surface area (Å²) in [6.07, 6.45) is 4.10. The molecule has 0 bridgehead atoms. The quantitative estimate of drug-likeness (QED) is 0.789. The first-order valence-corrected chi connectivity index (χ1v) is 6.87. The van der Waals surface area contributed by atoms with Gasteiger partial charge in [-0.1, -0.05) is 18.2 Å². The predicted molar refractivity (Wildman–Crippen MR) is 81.0 cm³/mol. The van der Waals surface area contributed by atoms with E-state index in [4.69, 9.17) is 0 Å². The van der Waals surface area contributed by atoms with Crippen LogP contribution in [0.5, 0.6) is 5.75 Å². The Morgan fingerprint density at radius 1 is 1.33 bits per heavy atom. The molecule has 2 amide bonds. The molecule has 1 aromatic carbocycles. The second-order valence-electron chi connectivity index (χ2n) is 4.83. The third-order valence-corrected chi connectivity index (χ3v) is 3.14. The maximum atomic E-state index is 11.8. The largest absolute Gasteiger partial charge is 0.508 e. The number of urea groups is 1. The molecule has 0 aliphatic rings. The molecule has 2 aromatic rings. The van der Waals surface area contributed by atoms with Crippen LogP contribution in [0.4, 0.5) is 4.79 Å². The van der Waals surface area contributed by atoms with E-state index in [1.54, 1.807) is 30.6 Å². The van der Waals surface area contributed by atoms with Gasteiger partial charge in [0.05, 0.1) is 6.04 Å². The van der Waals surface area contributed by atoms with Gasteiger partial charge in [-0.3, -0.25) is 4.98 Å². The summed E-state index contributed by atoms with van der Waals surface area (Å²) < 4.78 is 0. The molecule has 110 valence electrons. The van der Waals surface area contributed by atoms with Gasteiger partial charge in [-0.15, -0.1) is 0 Å². The Balaban J connectivity index is 1.75. The van der Waals surface area contributed by atoms with Gasteiger partial charge in [-0.25, -0.2) is 4.79 Å². The van der Waals surface area contributed by atoms with Crippen molar-refractivity contribution in [1.82, 2.24) is 15.6 Å². The number of nitrogens with zero attached hydrogens (tertiary/aromatic N) is 1. The zero-order chi connectivity index (χ0) is 15.1. The van der Waals surface area contributed by atoms with E-state index in [1.807, 2.05) is 25.1 Å². The van der Waals surface area contributed by atoms with Gasteiger partial charge in [0.25, 0.3) is 0 Å². The smallest absolute Gasteiger partial charge is 0.315 e. The number of aromatic nitrogens is 1. The van der Waals surface area contributed by atoms with Crippen molar-refractivity contribution < 1.29 is 9.90 Å². The van der Waals surface area contributed by atoms with E-state index in [-0.39, 0.29) is 17.8 Å². The molecule has 0 radical (unpaired) electrons. The van der Waals surface area contributed by atoms with Gasteiger partial charge in [-0.05, 0) is 42.7 Å². The molecule has 0 aliphatic heterocycles. The number of phenolic OH excluding ortho intramolecular Hbond substituents is 1. The van der Waals surface area contributed by atoms with Crippen LogP contribution in [-0.2, 0) is 6.42 Å². The van der Waals surface area contributed by atoms with Crippen LogP contribution in [0.1, 0.15) is 24.1 Å². The number of pyridine rings is 1. The van der Waals surface area contributed by atoms with Crippen molar-refractivity contribution >= 4 is 6.03 Å². The van der Waals surface area contributed by atoms with Crippen molar-refractivity contribution in [3.63, 3.8) is 0 Å². The molecule has 5 heteroatoms. The van der Waals surface area contributed by atoms with Crippen molar-refractivity contribution in [2.24, 2.45) is 0 Å². The molecule has 3 N–H and O–H groups in total. The Kier molecular flexibility index (Phi) is 5.15. The minimum absolute atomic E-state index is 0.0977. The van der Waals surface area contributed by atoms with E-state index in [9.17, 15) is 9.90 Å². The first-order chi connectivity index (χ1) is 10.1. The number of amides is 2. The summed E-state index contributed by atoms with van der Waals surface area (Å²) in [6, 6.07) is 10.5. The molecular weight excluding hydrogens is 266 g/mol. The van der Waals surface area contributed by atoms with E-state index < -0.39 is 0 Å². The van der Waals surface area contributed by atoms with Crippen LogP contribution in [-0.4, -0.2) is 22.7 Å². The fourth-order valence-electron chi connectivity index (χ4n) is 2.00. The highest BCUT2D eigenvalue weighted by Gasteiger charge is 2.08. The normalized spacial score (nSPS) is 11.7. The van der Waals surface area contributed by atoms with E-state index in [0.29, 0.717) is 13.0 Å². The zero-order valence-electron chi connectivity index (χ0n) is 11.9. The lowest BCUT2D eigenvalue weighted by molar-refractivity contribution is 0.238. The molecule has 1 atom stereocenters. The van der Waals surface area contributed by atoms with Gasteiger partial charge in [-0.2, -0.15) is 0 Å². The average molecular weight is 285 g/mol. The van der Waals surface area contributed by atoms with Gasteiger partial charge in [0.2, 0.25) is 0 Å². The fourth-order valence-corrected chi connectivity index (χ4v) is 2.00. The first-order valence-electron chi connectivity index (χ1n) is 6.87. The highest BCUT2D eigenvalue weighted by atomic mass is 16.3. The van der Waals surface area contributed by atoms with E-state index in [2.05, 4.69) is 15.6 Å². The summed E-state index contributed by atoms with van der Waals surface area (Å²) in [7, 11) is 0. The van der Waals surface area contributed by atoms with Crippen molar-refractivity contribution in [2.45, 2.75) is 19.4 Å². The van der Waals surface area contributed by atoms with Crippen molar-refractivity contribution in [3.8, 4) is 5.75 Å². The molecule has 0 spiro atoms. The van der Waals surface area contributed by atoms with Crippen LogP contribution >= 0.6 is 0 Å². The van der Waals surface area contributed by atoms with E-state index in [1.165, 1.54) is 0 Å². The Bertz CT molecular complexity index is 587. The lowest BCUT2D eigenvalue weighted by Crippen LogP contribution is -2.38. The van der Waals surface area contributed by atoms with Crippen molar-refractivity contribution in [3.05, 3.63) is 59.9 Å². The Hall–Kier alpha value is -2.56. The lowest BCUT2D eigenvalue weighted by Gasteiger charge is -2.14. The lowest BCUT2D eigenvalue weighted by atomic mass is 10.1. The van der Waals surface area contributed by atoms with Gasteiger partial charge in [0, 0.05) is 18.9 Å². The third-order valence-electron chi connectivity index (χ3n) is 3.14. The Morgan fingerprint density at radius 3 is 2.90 bits per heavy atom. The highest BCUT2D eigenvalue weighted by molar-refractivity contribution is 5.74. The highest BCUT2D eigenvalue weighted by Crippen LogP contribution is 2.11. The van der Waals surface area contributed by atoms with Gasteiger partial charge < -0.3 is 15.7 Å². The van der Waals surface area contributed by atoms with Crippen LogP contribution in [0, 0.1) is 0 Å². The Morgan fingerprint density at radius 2 is 2.19 bits per heavy atom. The molecule has 5 nitrogen and oxygen atoms in total. The number of rotatable bonds is 5. The van der Waals surface area contributed by atoms with Crippen LogP contribution < -0.4 is 10.6 Å². The number of hydrogen-bond acceptors (Lipinski definition) is 3. The summed E-state index contributed by atoms with van der Waals surface area (Å²) >= 11 is 0. The summed E-state index contributed by atoms with van der Waals surface area (Å²) in [5.41, 5.74) is 1.94. The van der Waals surface area contributed by atoms with Crippen LogP contribution in [0.15, 0.2) is 48.8 Å². The molecule has 0 fully saturated rings. The second-order valence-corrected chi connectivity index (χ2v) is 4.83. The number of carbonyl (C=O) groups excluding carboxylic acids is 1. The number of carbonyl (C=O) groups is 1. The zero-order valence-corrected chi connectivity index (χ0v) is 11.9. The van der Waals surface area contributed by atoms with Crippen LogP contribution in [0.25, 0.3) is 0 Å². The molecule has 1 aromatic heterocycles. The fraction of sp³-hybridized carbons (Fsp3) is 0.250. The van der Waals surface area contributed by atoms with Gasteiger partial charge in [0.1, 0.15) is 5.75 Å². The Labute approximate surface area is 124 Å². The third kappa shape index (κ3) is 4.80. The van der Waals surface area contributed by atoms with Crippen LogP contribution in [0.3, 0.4) is 0 Å². The summed E-state index contributed by atoms with van der Waals surface area (Å²) in [5.74, 6) is 0.238. The molecule has 0 saturated heterocycles. The SMILES string of the molecule is C[C@@H](NC(=O)NCCc1cccc(O)c1)c1cccnc1. The van der Waals surface area contributed by atoms with Gasteiger partial charge >= 0.3 is 6.03 Å². The number of aromatic hydroxyl groups is 1. The molecular formula is C16H19N3O2. The summed E-state index contributed by atoms with van der Waals surface area (Å²) in [5, 5.41) is 15.0. The minimum atomic E-state index is -0.216. The number of hydrogen-bond donors (Lipinski definition) is 3. The molecule has 0 unspecified atom stereocenters. The van der Waals surface area contributed by atoms with E-state index in [0.717, 1.165) is 11.1 Å². The number of benzene rings is 1. The maximum Gasteiger partial charge on any atom is 0.315 e. The van der Waals surface area contributed by atoms with E-state index >= 15 is 0 Å².